The van der Waals surface area contributed by atoms with Gasteiger partial charge in [0.1, 0.15) is 6.10 Å². The first-order chi connectivity index (χ1) is 9.46. The molecule has 0 radical (unpaired) electrons. The average Bonchev–Trinajstić information content (AvgIpc) is 2.93. The van der Waals surface area contributed by atoms with E-state index in [0.717, 1.165) is 10.9 Å². The van der Waals surface area contributed by atoms with E-state index in [1.165, 1.54) is 0 Å². The van der Waals surface area contributed by atoms with Gasteiger partial charge in [0, 0.05) is 24.1 Å². The molecule has 0 spiro atoms. The van der Waals surface area contributed by atoms with Gasteiger partial charge in [-0.3, -0.25) is 0 Å². The number of sulfone groups is 1. The molecule has 0 unspecified atom stereocenters. The zero-order chi connectivity index (χ0) is 14.3. The van der Waals surface area contributed by atoms with Crippen molar-refractivity contribution in [2.45, 2.75) is 12.5 Å². The highest BCUT2D eigenvalue weighted by molar-refractivity contribution is 7.91. The molecular weight excluding hydrogens is 278 g/mol. The van der Waals surface area contributed by atoms with E-state index in [-0.39, 0.29) is 11.5 Å². The van der Waals surface area contributed by atoms with Gasteiger partial charge in [-0.2, -0.15) is 0 Å². The van der Waals surface area contributed by atoms with Crippen LogP contribution in [0, 0.1) is 0 Å². The fourth-order valence-corrected chi connectivity index (χ4v) is 4.14. The number of hydrogen-bond acceptors (Lipinski definition) is 4. The van der Waals surface area contributed by atoms with E-state index in [0.29, 0.717) is 12.0 Å². The molecule has 1 saturated heterocycles. The second kappa shape index (κ2) is 4.63. The number of benzene rings is 1. The lowest BCUT2D eigenvalue weighted by atomic mass is 10.1. The Labute approximate surface area is 117 Å². The molecule has 0 amide bonds. The Hall–Kier alpha value is -1.82. The summed E-state index contributed by atoms with van der Waals surface area (Å²) in [5, 5.41) is 0.820. The van der Waals surface area contributed by atoms with E-state index in [4.69, 9.17) is 4.74 Å². The molecule has 3 rings (SSSR count). The number of aromatic nitrogens is 1. The van der Waals surface area contributed by atoms with Crippen LogP contribution in [0.25, 0.3) is 10.9 Å². The Morgan fingerprint density at radius 1 is 1.35 bits per heavy atom. The van der Waals surface area contributed by atoms with E-state index in [1.54, 1.807) is 12.1 Å². The third kappa shape index (κ3) is 2.31. The molecule has 106 valence electrons. The molecule has 1 aromatic heterocycles. The Kier molecular flexibility index (Phi) is 3.05. The maximum Gasteiger partial charge on any atom is 0.339 e. The van der Waals surface area contributed by atoms with Crippen LogP contribution in [0.3, 0.4) is 0 Å². The summed E-state index contributed by atoms with van der Waals surface area (Å²) in [7, 11) is -1.14. The quantitative estimate of drug-likeness (QED) is 0.788. The fourth-order valence-electron chi connectivity index (χ4n) is 2.55. The second-order valence-electron chi connectivity index (χ2n) is 5.10. The number of nitrogens with zero attached hydrogens (tertiary/aromatic N) is 1. The minimum Gasteiger partial charge on any atom is -0.458 e. The van der Waals surface area contributed by atoms with Gasteiger partial charge in [-0.1, -0.05) is 6.07 Å². The second-order valence-corrected chi connectivity index (χ2v) is 7.32. The van der Waals surface area contributed by atoms with Gasteiger partial charge in [0.15, 0.2) is 9.84 Å². The van der Waals surface area contributed by atoms with E-state index < -0.39 is 21.9 Å². The standard InChI is InChI=1S/C14H15NO4S/c1-15-7-5-11-12(3-2-4-13(11)15)14(16)19-10-6-8-20(17,18)9-10/h2-5,7,10H,6,8-9H2,1H3/t10-/m1/s1. The molecule has 20 heavy (non-hydrogen) atoms. The van der Waals surface area contributed by atoms with E-state index in [2.05, 4.69) is 0 Å². The normalized spacial score (nSPS) is 21.1. The highest BCUT2D eigenvalue weighted by Gasteiger charge is 2.31. The summed E-state index contributed by atoms with van der Waals surface area (Å²) >= 11 is 0. The third-order valence-corrected chi connectivity index (χ3v) is 5.35. The molecule has 1 atom stereocenters. The summed E-state index contributed by atoms with van der Waals surface area (Å²) in [4.78, 5) is 12.2. The zero-order valence-electron chi connectivity index (χ0n) is 11.1. The van der Waals surface area contributed by atoms with E-state index >= 15 is 0 Å². The predicted molar refractivity (Wildman–Crippen MR) is 75.4 cm³/mol. The first-order valence-corrected chi connectivity index (χ1v) is 8.24. The first kappa shape index (κ1) is 13.2. The van der Waals surface area contributed by atoms with Crippen LogP contribution < -0.4 is 0 Å². The van der Waals surface area contributed by atoms with Crippen LogP contribution in [0.1, 0.15) is 16.8 Å². The van der Waals surface area contributed by atoms with Crippen molar-refractivity contribution in [2.24, 2.45) is 7.05 Å². The van der Waals surface area contributed by atoms with Crippen molar-refractivity contribution in [3.8, 4) is 0 Å². The molecule has 0 saturated carbocycles. The summed E-state index contributed by atoms with van der Waals surface area (Å²) in [5.41, 5.74) is 1.42. The molecular formula is C14H15NO4S. The van der Waals surface area contributed by atoms with Crippen LogP contribution >= 0.6 is 0 Å². The molecule has 1 aromatic carbocycles. The monoisotopic (exact) mass is 293 g/mol. The molecule has 0 bridgehead atoms. The van der Waals surface area contributed by atoms with Crippen LogP contribution in [0.5, 0.6) is 0 Å². The number of fused-ring (bicyclic) bond motifs is 1. The van der Waals surface area contributed by atoms with Gasteiger partial charge >= 0.3 is 5.97 Å². The summed E-state index contributed by atoms with van der Waals surface area (Å²) in [5.74, 6) is -0.423. The minimum absolute atomic E-state index is 0.0660. The van der Waals surface area contributed by atoms with E-state index in [9.17, 15) is 13.2 Å². The van der Waals surface area contributed by atoms with Gasteiger partial charge in [0.25, 0.3) is 0 Å². The smallest absolute Gasteiger partial charge is 0.339 e. The molecule has 0 aliphatic carbocycles. The number of ether oxygens (including phenoxy) is 1. The Morgan fingerprint density at radius 2 is 2.15 bits per heavy atom. The highest BCUT2D eigenvalue weighted by atomic mass is 32.2. The lowest BCUT2D eigenvalue weighted by molar-refractivity contribution is 0.0358. The molecule has 1 aliphatic heterocycles. The van der Waals surface area contributed by atoms with Crippen molar-refractivity contribution in [2.75, 3.05) is 11.5 Å². The maximum atomic E-state index is 12.2. The van der Waals surface area contributed by atoms with Gasteiger partial charge in [-0.05, 0) is 24.6 Å². The maximum absolute atomic E-state index is 12.2. The molecule has 0 N–H and O–H groups in total. The van der Waals surface area contributed by atoms with Crippen molar-refractivity contribution >= 4 is 26.7 Å². The third-order valence-electron chi connectivity index (χ3n) is 3.61. The fraction of sp³-hybridized carbons (Fsp3) is 0.357. The molecule has 2 heterocycles. The summed E-state index contributed by atoms with van der Waals surface area (Å²) in [6.45, 7) is 0. The van der Waals surface area contributed by atoms with Crippen LogP contribution in [-0.4, -0.2) is 36.6 Å². The Bertz CT molecular complexity index is 776. The number of rotatable bonds is 2. The first-order valence-electron chi connectivity index (χ1n) is 6.42. The van der Waals surface area contributed by atoms with Crippen LogP contribution in [-0.2, 0) is 21.6 Å². The summed E-state index contributed by atoms with van der Waals surface area (Å²) in [6.07, 6.45) is 1.74. The van der Waals surface area contributed by atoms with Crippen LogP contribution in [0.4, 0.5) is 0 Å². The molecule has 1 aliphatic rings. The molecule has 1 fully saturated rings. The molecule has 6 heteroatoms. The highest BCUT2D eigenvalue weighted by Crippen LogP contribution is 2.22. The predicted octanol–water partition coefficient (Wildman–Crippen LogP) is 1.52. The van der Waals surface area contributed by atoms with Crippen molar-refractivity contribution in [3.63, 3.8) is 0 Å². The van der Waals surface area contributed by atoms with Gasteiger partial charge in [0.2, 0.25) is 0 Å². The number of hydrogen-bond donors (Lipinski definition) is 0. The number of carbonyl (C=O) groups excluding carboxylic acids is 1. The zero-order valence-corrected chi connectivity index (χ0v) is 11.9. The number of aryl methyl sites for hydroxylation is 1. The average molecular weight is 293 g/mol. The number of esters is 1. The van der Waals surface area contributed by atoms with Crippen molar-refractivity contribution < 1.29 is 17.9 Å². The van der Waals surface area contributed by atoms with Gasteiger partial charge in [-0.15, -0.1) is 0 Å². The minimum atomic E-state index is -3.04. The van der Waals surface area contributed by atoms with Crippen molar-refractivity contribution in [3.05, 3.63) is 36.0 Å². The Balaban J connectivity index is 1.86. The topological polar surface area (TPSA) is 65.4 Å². The molecule has 2 aromatic rings. The SMILES string of the molecule is Cn1ccc2c(C(=O)O[C@@H]3CCS(=O)(=O)C3)cccc21. The van der Waals surface area contributed by atoms with Crippen LogP contribution in [0.2, 0.25) is 0 Å². The Morgan fingerprint density at radius 3 is 2.85 bits per heavy atom. The van der Waals surface area contributed by atoms with E-state index in [1.807, 2.05) is 29.9 Å². The number of carbonyl (C=O) groups is 1. The van der Waals surface area contributed by atoms with Gasteiger partial charge < -0.3 is 9.30 Å². The van der Waals surface area contributed by atoms with Crippen molar-refractivity contribution in [1.82, 2.24) is 4.57 Å². The summed E-state index contributed by atoms with van der Waals surface area (Å²) < 4.78 is 30.0. The molecule has 5 nitrogen and oxygen atoms in total. The van der Waals surface area contributed by atoms with Gasteiger partial charge in [-0.25, -0.2) is 13.2 Å². The van der Waals surface area contributed by atoms with Gasteiger partial charge in [0.05, 0.1) is 17.1 Å². The summed E-state index contributed by atoms with van der Waals surface area (Å²) in [6, 6.07) is 7.28. The van der Waals surface area contributed by atoms with Crippen molar-refractivity contribution in [1.29, 1.82) is 0 Å². The lowest BCUT2D eigenvalue weighted by Gasteiger charge is -2.11. The lowest BCUT2D eigenvalue weighted by Crippen LogP contribution is -2.19. The van der Waals surface area contributed by atoms with Crippen LogP contribution in [0.15, 0.2) is 30.5 Å². The largest absolute Gasteiger partial charge is 0.458 e.